The van der Waals surface area contributed by atoms with Gasteiger partial charge < -0.3 is 19.5 Å². The van der Waals surface area contributed by atoms with Crippen LogP contribution >= 0.6 is 0 Å². The summed E-state index contributed by atoms with van der Waals surface area (Å²) in [5.41, 5.74) is 2.82. The van der Waals surface area contributed by atoms with Crippen LogP contribution in [-0.4, -0.2) is 76.5 Å². The maximum atomic E-state index is 11.8. The highest BCUT2D eigenvalue weighted by Gasteiger charge is 2.13. The van der Waals surface area contributed by atoms with Crippen molar-refractivity contribution < 1.29 is 23.8 Å². The van der Waals surface area contributed by atoms with Crippen LogP contribution in [0.1, 0.15) is 12.0 Å². The maximum absolute atomic E-state index is 11.8. The lowest BCUT2D eigenvalue weighted by molar-refractivity contribution is -0.139. The van der Waals surface area contributed by atoms with Crippen LogP contribution in [0.5, 0.6) is 11.5 Å². The van der Waals surface area contributed by atoms with Crippen molar-refractivity contribution in [2.24, 2.45) is 5.10 Å². The van der Waals surface area contributed by atoms with Crippen molar-refractivity contribution in [1.29, 1.82) is 0 Å². The molecule has 2 rings (SSSR count). The van der Waals surface area contributed by atoms with E-state index in [2.05, 4.69) is 20.7 Å². The van der Waals surface area contributed by atoms with E-state index in [4.69, 9.17) is 14.2 Å². The molecule has 0 aromatic heterocycles. The van der Waals surface area contributed by atoms with Gasteiger partial charge in [0.05, 0.1) is 33.6 Å². The normalized spacial score (nSPS) is 14.7. The lowest BCUT2D eigenvalue weighted by Gasteiger charge is -2.26. The molecule has 0 radical (unpaired) electrons. The highest BCUT2D eigenvalue weighted by atomic mass is 16.5. The third-order valence-electron chi connectivity index (χ3n) is 4.05. The van der Waals surface area contributed by atoms with Crippen LogP contribution in [0.4, 0.5) is 0 Å². The first-order chi connectivity index (χ1) is 13.1. The summed E-state index contributed by atoms with van der Waals surface area (Å²) in [4.78, 5) is 25.8. The van der Waals surface area contributed by atoms with Gasteiger partial charge in [0, 0.05) is 25.2 Å². The van der Waals surface area contributed by atoms with E-state index in [9.17, 15) is 9.59 Å². The lowest BCUT2D eigenvalue weighted by Crippen LogP contribution is -2.40. The Bertz CT molecular complexity index is 659. The number of ether oxygens (including phenoxy) is 3. The molecule has 1 heterocycles. The quantitative estimate of drug-likeness (QED) is 0.286. The molecule has 27 heavy (non-hydrogen) atoms. The van der Waals surface area contributed by atoms with E-state index in [1.165, 1.54) is 13.3 Å². The number of hydrazone groups is 1. The standard InChI is InChI=1S/C18H26N4O5/c1-25-15-4-5-16(26-2)14(12-15)13-20-21-18(24)17(23)19-6-3-7-22-8-10-27-11-9-22/h4-5,12-13H,3,6-11H2,1-2H3,(H,19,23)(H,21,24)/b20-13-. The van der Waals surface area contributed by atoms with Gasteiger partial charge in [-0.3, -0.25) is 14.5 Å². The van der Waals surface area contributed by atoms with Crippen LogP contribution in [0.3, 0.4) is 0 Å². The Kier molecular flexibility index (Phi) is 8.53. The predicted octanol–water partition coefficient (Wildman–Crippen LogP) is -0.00760. The molecule has 1 saturated heterocycles. The summed E-state index contributed by atoms with van der Waals surface area (Å²) in [5, 5.41) is 6.39. The minimum absolute atomic E-state index is 0.428. The van der Waals surface area contributed by atoms with Crippen molar-refractivity contribution in [3.05, 3.63) is 23.8 Å². The molecular formula is C18H26N4O5. The van der Waals surface area contributed by atoms with Crippen molar-refractivity contribution in [3.63, 3.8) is 0 Å². The third-order valence-corrected chi connectivity index (χ3v) is 4.05. The first kappa shape index (κ1) is 20.7. The van der Waals surface area contributed by atoms with E-state index >= 15 is 0 Å². The van der Waals surface area contributed by atoms with Gasteiger partial charge in [0.2, 0.25) is 0 Å². The fraction of sp³-hybridized carbons (Fsp3) is 0.500. The summed E-state index contributed by atoms with van der Waals surface area (Å²) in [6.07, 6.45) is 2.16. The number of carbonyl (C=O) groups is 2. The third kappa shape index (κ3) is 6.87. The zero-order valence-corrected chi connectivity index (χ0v) is 15.7. The number of hydrogen-bond donors (Lipinski definition) is 2. The molecule has 9 nitrogen and oxygen atoms in total. The van der Waals surface area contributed by atoms with Crippen molar-refractivity contribution in [1.82, 2.24) is 15.6 Å². The van der Waals surface area contributed by atoms with Gasteiger partial charge in [-0.1, -0.05) is 0 Å². The van der Waals surface area contributed by atoms with Gasteiger partial charge in [-0.25, -0.2) is 5.43 Å². The number of benzene rings is 1. The summed E-state index contributed by atoms with van der Waals surface area (Å²) in [7, 11) is 3.08. The number of hydrogen-bond acceptors (Lipinski definition) is 7. The van der Waals surface area contributed by atoms with E-state index in [1.807, 2.05) is 0 Å². The van der Waals surface area contributed by atoms with Crippen LogP contribution in [-0.2, 0) is 14.3 Å². The Labute approximate surface area is 158 Å². The molecule has 9 heteroatoms. The van der Waals surface area contributed by atoms with E-state index < -0.39 is 11.8 Å². The Morgan fingerprint density at radius 2 is 2.00 bits per heavy atom. The number of nitrogens with one attached hydrogen (secondary N) is 2. The predicted molar refractivity (Wildman–Crippen MR) is 100 cm³/mol. The smallest absolute Gasteiger partial charge is 0.329 e. The topological polar surface area (TPSA) is 101 Å². The van der Waals surface area contributed by atoms with Gasteiger partial charge in [0.25, 0.3) is 0 Å². The summed E-state index contributed by atoms with van der Waals surface area (Å²) in [6, 6.07) is 5.18. The zero-order chi connectivity index (χ0) is 19.5. The largest absolute Gasteiger partial charge is 0.497 e. The Morgan fingerprint density at radius 1 is 1.22 bits per heavy atom. The number of carbonyl (C=O) groups excluding carboxylic acids is 2. The molecule has 1 aromatic rings. The summed E-state index contributed by atoms with van der Waals surface area (Å²) in [5.74, 6) is -0.339. The average Bonchev–Trinajstić information content (AvgIpc) is 2.71. The van der Waals surface area contributed by atoms with Gasteiger partial charge in [0.1, 0.15) is 11.5 Å². The number of rotatable bonds is 8. The molecule has 0 aliphatic carbocycles. The highest BCUT2D eigenvalue weighted by molar-refractivity contribution is 6.35. The molecule has 0 unspecified atom stereocenters. The molecular weight excluding hydrogens is 352 g/mol. The van der Waals surface area contributed by atoms with Crippen LogP contribution in [0.15, 0.2) is 23.3 Å². The second-order valence-corrected chi connectivity index (χ2v) is 5.87. The molecule has 1 aromatic carbocycles. The van der Waals surface area contributed by atoms with E-state index in [0.717, 1.165) is 39.3 Å². The molecule has 148 valence electrons. The Hall–Kier alpha value is -2.65. The van der Waals surface area contributed by atoms with Gasteiger partial charge in [-0.2, -0.15) is 5.10 Å². The van der Waals surface area contributed by atoms with Crippen LogP contribution in [0.2, 0.25) is 0 Å². The monoisotopic (exact) mass is 378 g/mol. The molecule has 2 N–H and O–H groups in total. The summed E-state index contributed by atoms with van der Waals surface area (Å²) in [6.45, 7) is 4.57. The van der Waals surface area contributed by atoms with Crippen LogP contribution in [0.25, 0.3) is 0 Å². The van der Waals surface area contributed by atoms with Crippen molar-refractivity contribution in [3.8, 4) is 11.5 Å². The van der Waals surface area contributed by atoms with E-state index in [-0.39, 0.29) is 0 Å². The molecule has 1 fully saturated rings. The molecule has 1 aliphatic heterocycles. The first-order valence-electron chi connectivity index (χ1n) is 8.77. The Morgan fingerprint density at radius 3 is 2.70 bits per heavy atom. The number of nitrogens with zero attached hydrogens (tertiary/aromatic N) is 2. The Balaban J connectivity index is 1.72. The second-order valence-electron chi connectivity index (χ2n) is 5.87. The van der Waals surface area contributed by atoms with Crippen molar-refractivity contribution in [2.45, 2.75) is 6.42 Å². The molecule has 0 atom stereocenters. The lowest BCUT2D eigenvalue weighted by atomic mass is 10.2. The minimum Gasteiger partial charge on any atom is -0.497 e. The van der Waals surface area contributed by atoms with E-state index in [0.29, 0.717) is 23.6 Å². The van der Waals surface area contributed by atoms with Gasteiger partial charge in [0.15, 0.2) is 0 Å². The molecule has 1 aliphatic rings. The molecule has 0 bridgehead atoms. The molecule has 2 amide bonds. The summed E-state index contributed by atoms with van der Waals surface area (Å²) >= 11 is 0. The number of methoxy groups -OCH3 is 2. The number of amides is 2. The fourth-order valence-electron chi connectivity index (χ4n) is 2.56. The SMILES string of the molecule is COc1ccc(OC)c(/C=N\NC(=O)C(=O)NCCCN2CCOCC2)c1. The molecule has 0 saturated carbocycles. The van der Waals surface area contributed by atoms with Crippen molar-refractivity contribution >= 4 is 18.0 Å². The zero-order valence-electron chi connectivity index (χ0n) is 15.7. The highest BCUT2D eigenvalue weighted by Crippen LogP contribution is 2.22. The van der Waals surface area contributed by atoms with E-state index in [1.54, 1.807) is 25.3 Å². The first-order valence-corrected chi connectivity index (χ1v) is 8.77. The second kappa shape index (κ2) is 11.1. The minimum atomic E-state index is -0.820. The van der Waals surface area contributed by atoms with Crippen LogP contribution in [0, 0.1) is 0 Å². The van der Waals surface area contributed by atoms with Gasteiger partial charge in [-0.15, -0.1) is 0 Å². The average molecular weight is 378 g/mol. The van der Waals surface area contributed by atoms with Crippen molar-refractivity contribution in [2.75, 3.05) is 53.6 Å². The van der Waals surface area contributed by atoms with Gasteiger partial charge in [-0.05, 0) is 31.2 Å². The number of morpholine rings is 1. The summed E-state index contributed by atoms with van der Waals surface area (Å²) < 4.78 is 15.6. The fourth-order valence-corrected chi connectivity index (χ4v) is 2.56. The molecule has 0 spiro atoms. The maximum Gasteiger partial charge on any atom is 0.329 e. The van der Waals surface area contributed by atoms with Crippen LogP contribution < -0.4 is 20.2 Å². The van der Waals surface area contributed by atoms with Gasteiger partial charge >= 0.3 is 11.8 Å².